The van der Waals surface area contributed by atoms with E-state index in [4.69, 9.17) is 29.2 Å². The van der Waals surface area contributed by atoms with E-state index in [1.807, 2.05) is 24.3 Å². The zero-order valence-electron chi connectivity index (χ0n) is 17.9. The molecular formula is C20H22KN5O5S2. The van der Waals surface area contributed by atoms with E-state index in [0.29, 0.717) is 21.0 Å². The van der Waals surface area contributed by atoms with Gasteiger partial charge < -0.3 is 35.1 Å². The summed E-state index contributed by atoms with van der Waals surface area (Å²) in [5.41, 5.74) is 1.77. The van der Waals surface area contributed by atoms with Gasteiger partial charge in [0.25, 0.3) is 0 Å². The summed E-state index contributed by atoms with van der Waals surface area (Å²) in [6, 6.07) is 11.8. The average Bonchev–Trinajstić information content (AvgIpc) is 3.11. The Labute approximate surface area is 242 Å². The number of aliphatic hydroxyl groups is 2. The van der Waals surface area contributed by atoms with Crippen LogP contribution in [0.15, 0.2) is 42.5 Å². The first-order valence-electron chi connectivity index (χ1n) is 9.63. The van der Waals surface area contributed by atoms with E-state index >= 15 is 0 Å². The van der Waals surface area contributed by atoms with Crippen LogP contribution in [0.5, 0.6) is 5.75 Å². The second kappa shape index (κ2) is 13.4. The minimum absolute atomic E-state index is 0. The number of carbonyl (C=O) groups excluding carboxylic acids is 1. The quantitative estimate of drug-likeness (QED) is 0.114. The van der Waals surface area contributed by atoms with Crippen LogP contribution >= 0.6 is 24.4 Å². The Kier molecular flexibility index (Phi) is 11.2. The van der Waals surface area contributed by atoms with Crippen molar-refractivity contribution in [2.75, 3.05) is 43.3 Å². The maximum absolute atomic E-state index is 11.5. The Morgan fingerprint density at radius 3 is 2.36 bits per heavy atom. The summed E-state index contributed by atoms with van der Waals surface area (Å²) in [6.07, 6.45) is 0. The molecule has 0 bridgehead atoms. The molecule has 0 spiro atoms. The van der Waals surface area contributed by atoms with Crippen LogP contribution in [0, 0.1) is 9.54 Å². The molecule has 0 saturated heterocycles. The fourth-order valence-corrected chi connectivity index (χ4v) is 3.69. The van der Waals surface area contributed by atoms with E-state index in [0.717, 1.165) is 11.4 Å². The fraction of sp³-hybridized carbons (Fsp3) is 0.250. The summed E-state index contributed by atoms with van der Waals surface area (Å²) in [4.78, 5) is 13.0. The summed E-state index contributed by atoms with van der Waals surface area (Å²) < 4.78 is 8.30. The van der Waals surface area contributed by atoms with E-state index in [9.17, 15) is 20.1 Å². The summed E-state index contributed by atoms with van der Waals surface area (Å²) in [5.74, 6) is -0.950. The smallest absolute Gasteiger partial charge is 0.545 e. The van der Waals surface area contributed by atoms with Crippen molar-refractivity contribution in [2.45, 2.75) is 0 Å². The molecule has 33 heavy (non-hydrogen) atoms. The number of hydrogen-bond acceptors (Lipinski definition) is 9. The van der Waals surface area contributed by atoms with Gasteiger partial charge in [-0.15, -0.1) is 0 Å². The van der Waals surface area contributed by atoms with Crippen LogP contribution in [-0.2, 0) is 0 Å². The van der Waals surface area contributed by atoms with E-state index in [2.05, 4.69) is 15.5 Å². The van der Waals surface area contributed by atoms with Gasteiger partial charge in [-0.2, -0.15) is 0 Å². The molecule has 3 rings (SSSR count). The number of nitrogens with one attached hydrogen (secondary N) is 3. The molecule has 5 N–H and O–H groups in total. The molecule has 0 saturated carbocycles. The van der Waals surface area contributed by atoms with Gasteiger partial charge in [0.05, 0.1) is 24.9 Å². The molecule has 0 atom stereocenters. The van der Waals surface area contributed by atoms with Crippen molar-refractivity contribution in [1.82, 2.24) is 14.8 Å². The number of ether oxygens (including phenoxy) is 1. The summed E-state index contributed by atoms with van der Waals surface area (Å²) in [7, 11) is 0. The maximum Gasteiger partial charge on any atom is 1.00 e. The van der Waals surface area contributed by atoms with E-state index in [1.54, 1.807) is 9.47 Å². The monoisotopic (exact) mass is 515 g/mol. The van der Waals surface area contributed by atoms with Gasteiger partial charge in [-0.05, 0) is 54.8 Å². The Morgan fingerprint density at radius 2 is 1.76 bits per heavy atom. The number of H-pyrrole nitrogens is 2. The second-order valence-electron chi connectivity index (χ2n) is 6.61. The van der Waals surface area contributed by atoms with Crippen molar-refractivity contribution >= 4 is 41.8 Å². The van der Waals surface area contributed by atoms with Gasteiger partial charge in [0, 0.05) is 36.1 Å². The van der Waals surface area contributed by atoms with Crippen LogP contribution in [0.4, 0.5) is 11.4 Å². The van der Waals surface area contributed by atoms with E-state index in [1.165, 1.54) is 18.2 Å². The summed E-state index contributed by atoms with van der Waals surface area (Å²) >= 11 is 10.5. The molecule has 0 aliphatic rings. The molecule has 10 nitrogen and oxygen atoms in total. The number of rotatable bonds is 11. The standard InChI is InChI=1S/C20H23N5O5S2.K/c26-8-6-24(7-9-27)17-11-15(4-5-16(17)18(28)29)30-12-21-13-2-1-3-14(10-13)25-19(31)22-23-20(25)32;/h1-5,10-11,21,26-27H,6-9,12H2,(H,22,31)(H,23,32)(H,28,29);/q;+1/p-1. The molecule has 0 amide bonds. The molecule has 3 aromatic rings. The van der Waals surface area contributed by atoms with Crippen molar-refractivity contribution in [3.63, 3.8) is 0 Å². The van der Waals surface area contributed by atoms with Gasteiger partial charge >= 0.3 is 51.4 Å². The second-order valence-corrected chi connectivity index (χ2v) is 7.39. The number of anilines is 2. The molecule has 0 radical (unpaired) electrons. The molecule has 0 aliphatic heterocycles. The number of aromatic nitrogens is 3. The third kappa shape index (κ3) is 7.21. The number of carbonyl (C=O) groups is 1. The van der Waals surface area contributed by atoms with Gasteiger partial charge in [0.2, 0.25) is 0 Å². The SMILES string of the molecule is O=C([O-])c1ccc(OCNc2cccc(-n3c(=S)[nH][nH]c3=S)c2)cc1N(CCO)CCO.[K+]. The fourth-order valence-electron chi connectivity index (χ4n) is 3.13. The first kappa shape index (κ1) is 27.7. The number of carboxylic acids is 1. The molecule has 0 aliphatic carbocycles. The number of aliphatic hydroxyl groups excluding tert-OH is 2. The first-order chi connectivity index (χ1) is 15.4. The molecule has 1 aromatic heterocycles. The van der Waals surface area contributed by atoms with Gasteiger partial charge in [0.15, 0.2) is 16.3 Å². The number of aromatic carboxylic acids is 1. The van der Waals surface area contributed by atoms with Crippen LogP contribution in [0.2, 0.25) is 0 Å². The Bertz CT molecular complexity index is 1160. The third-order valence-electron chi connectivity index (χ3n) is 4.57. The molecule has 0 fully saturated rings. The number of benzene rings is 2. The summed E-state index contributed by atoms with van der Waals surface area (Å²) in [5, 5.41) is 38.7. The Balaban J connectivity index is 0.00000385. The average molecular weight is 516 g/mol. The van der Waals surface area contributed by atoms with Crippen LogP contribution in [0.1, 0.15) is 10.4 Å². The molecule has 0 unspecified atom stereocenters. The minimum Gasteiger partial charge on any atom is -0.545 e. The molecule has 13 heteroatoms. The van der Waals surface area contributed by atoms with E-state index < -0.39 is 5.97 Å². The predicted octanol–water partition coefficient (Wildman–Crippen LogP) is -1.80. The van der Waals surface area contributed by atoms with Crippen molar-refractivity contribution in [3.8, 4) is 11.4 Å². The third-order valence-corrected chi connectivity index (χ3v) is 5.14. The number of aromatic amines is 2. The zero-order chi connectivity index (χ0) is 23.1. The molecule has 1 heterocycles. The van der Waals surface area contributed by atoms with Crippen molar-refractivity contribution < 1.29 is 76.2 Å². The summed E-state index contributed by atoms with van der Waals surface area (Å²) in [6.45, 7) is -0.00764. The van der Waals surface area contributed by atoms with Gasteiger partial charge in [-0.25, -0.2) is 0 Å². The van der Waals surface area contributed by atoms with Crippen LogP contribution in [0.3, 0.4) is 0 Å². The minimum atomic E-state index is -1.36. The Hall–Kier alpha value is -1.55. The molecular weight excluding hydrogens is 493 g/mol. The van der Waals surface area contributed by atoms with E-state index in [-0.39, 0.29) is 90.0 Å². The topological polar surface area (TPSA) is 142 Å². The predicted molar refractivity (Wildman–Crippen MR) is 122 cm³/mol. The molecule has 170 valence electrons. The number of nitrogens with zero attached hydrogens (tertiary/aromatic N) is 2. The zero-order valence-corrected chi connectivity index (χ0v) is 22.7. The van der Waals surface area contributed by atoms with Crippen LogP contribution in [-0.4, -0.2) is 64.0 Å². The maximum atomic E-state index is 11.5. The van der Waals surface area contributed by atoms with Gasteiger partial charge in [-0.3, -0.25) is 14.8 Å². The van der Waals surface area contributed by atoms with Gasteiger partial charge in [0.1, 0.15) is 5.75 Å². The van der Waals surface area contributed by atoms with Crippen molar-refractivity contribution in [1.29, 1.82) is 0 Å². The normalized spacial score (nSPS) is 10.4. The molecule has 2 aromatic carbocycles. The largest absolute Gasteiger partial charge is 1.00 e. The number of hydrogen-bond donors (Lipinski definition) is 5. The number of carboxylic acid groups (broad SMARTS) is 1. The Morgan fingerprint density at radius 1 is 1.09 bits per heavy atom. The van der Waals surface area contributed by atoms with Crippen LogP contribution in [0.25, 0.3) is 5.69 Å². The van der Waals surface area contributed by atoms with Crippen molar-refractivity contribution in [3.05, 3.63) is 57.6 Å². The van der Waals surface area contributed by atoms with Crippen molar-refractivity contribution in [2.24, 2.45) is 0 Å². The van der Waals surface area contributed by atoms with Gasteiger partial charge in [-0.1, -0.05) is 6.07 Å². The van der Waals surface area contributed by atoms with Crippen LogP contribution < -0.4 is 71.4 Å². The first-order valence-corrected chi connectivity index (χ1v) is 10.4.